The van der Waals surface area contributed by atoms with E-state index in [1.807, 2.05) is 6.07 Å². The Labute approximate surface area is 71.5 Å². The Hall–Kier alpha value is -0.870. The molecule has 0 unspecified atom stereocenters. The van der Waals surface area contributed by atoms with Crippen LogP contribution in [0.2, 0.25) is 0 Å². The third-order valence-corrected chi connectivity index (χ3v) is 2.06. The van der Waals surface area contributed by atoms with Crippen molar-refractivity contribution >= 4 is 0 Å². The molecular weight excluding hydrogens is 154 g/mol. The van der Waals surface area contributed by atoms with Crippen LogP contribution in [0.3, 0.4) is 0 Å². The topological polar surface area (TPSA) is 41.1 Å². The molecule has 4 nitrogen and oxygen atoms in total. The third-order valence-electron chi connectivity index (χ3n) is 2.06. The summed E-state index contributed by atoms with van der Waals surface area (Å²) < 4.78 is 5.25. The molecule has 0 aliphatic carbocycles. The normalized spacial score (nSPS) is 19.7. The van der Waals surface area contributed by atoms with Gasteiger partial charge in [0, 0.05) is 31.5 Å². The van der Waals surface area contributed by atoms with E-state index in [2.05, 4.69) is 15.1 Å². The van der Waals surface area contributed by atoms with Crippen molar-refractivity contribution in [1.82, 2.24) is 15.1 Å². The van der Waals surface area contributed by atoms with Crippen molar-refractivity contribution in [3.05, 3.63) is 18.0 Å². The maximum absolute atomic E-state index is 5.25. The van der Waals surface area contributed by atoms with E-state index in [0.717, 1.165) is 32.8 Å². The zero-order valence-electron chi connectivity index (χ0n) is 6.99. The van der Waals surface area contributed by atoms with Crippen LogP contribution in [0.15, 0.2) is 12.3 Å². The van der Waals surface area contributed by atoms with Crippen LogP contribution in [0, 0.1) is 0 Å². The molecule has 0 bridgehead atoms. The van der Waals surface area contributed by atoms with Gasteiger partial charge in [-0.05, 0) is 6.07 Å². The van der Waals surface area contributed by atoms with Gasteiger partial charge in [0.25, 0.3) is 0 Å². The zero-order chi connectivity index (χ0) is 8.23. The third kappa shape index (κ3) is 1.84. The van der Waals surface area contributed by atoms with Crippen LogP contribution in [0.25, 0.3) is 0 Å². The first-order chi connectivity index (χ1) is 5.95. The molecule has 66 valence electrons. The van der Waals surface area contributed by atoms with Crippen LogP contribution in [-0.4, -0.2) is 41.4 Å². The fourth-order valence-corrected chi connectivity index (χ4v) is 1.37. The second-order valence-corrected chi connectivity index (χ2v) is 2.97. The minimum atomic E-state index is 0.855. The van der Waals surface area contributed by atoms with Crippen molar-refractivity contribution < 1.29 is 4.74 Å². The van der Waals surface area contributed by atoms with Gasteiger partial charge in [-0.2, -0.15) is 5.10 Å². The highest BCUT2D eigenvalue weighted by Crippen LogP contribution is 2.02. The summed E-state index contributed by atoms with van der Waals surface area (Å²) >= 11 is 0. The maximum Gasteiger partial charge on any atom is 0.0594 e. The first-order valence-corrected chi connectivity index (χ1v) is 4.23. The van der Waals surface area contributed by atoms with Gasteiger partial charge in [0.2, 0.25) is 0 Å². The summed E-state index contributed by atoms with van der Waals surface area (Å²) in [4.78, 5) is 2.36. The Morgan fingerprint density at radius 2 is 2.33 bits per heavy atom. The van der Waals surface area contributed by atoms with Gasteiger partial charge in [-0.3, -0.25) is 10.00 Å². The predicted octanol–water partition coefficient (Wildman–Crippen LogP) is 0.242. The van der Waals surface area contributed by atoms with Gasteiger partial charge in [0.05, 0.1) is 13.2 Å². The molecule has 1 N–H and O–H groups in total. The molecule has 2 heterocycles. The average Bonchev–Trinajstić information content (AvgIpc) is 2.59. The number of aromatic nitrogens is 2. The Morgan fingerprint density at radius 3 is 3.00 bits per heavy atom. The number of nitrogens with zero attached hydrogens (tertiary/aromatic N) is 2. The molecule has 0 spiro atoms. The number of aromatic amines is 1. The molecule has 0 aromatic carbocycles. The van der Waals surface area contributed by atoms with E-state index in [1.54, 1.807) is 6.20 Å². The lowest BCUT2D eigenvalue weighted by Crippen LogP contribution is -2.35. The minimum Gasteiger partial charge on any atom is -0.379 e. The smallest absolute Gasteiger partial charge is 0.0594 e. The molecule has 4 heteroatoms. The first kappa shape index (κ1) is 7.76. The summed E-state index contributed by atoms with van der Waals surface area (Å²) in [5.41, 5.74) is 1.18. The molecule has 12 heavy (non-hydrogen) atoms. The molecule has 1 aromatic rings. The monoisotopic (exact) mass is 167 g/mol. The average molecular weight is 167 g/mol. The van der Waals surface area contributed by atoms with Crippen molar-refractivity contribution in [2.45, 2.75) is 6.54 Å². The van der Waals surface area contributed by atoms with Crippen molar-refractivity contribution in [1.29, 1.82) is 0 Å². The molecule has 0 atom stereocenters. The summed E-state index contributed by atoms with van der Waals surface area (Å²) in [5, 5.41) is 6.86. The fraction of sp³-hybridized carbons (Fsp3) is 0.625. The summed E-state index contributed by atoms with van der Waals surface area (Å²) in [7, 11) is 0. The standard InChI is InChI=1S/C8H13N3O/c1-2-9-10-8(1)7-11-3-5-12-6-4-11/h1-2H,3-7H2,(H,9,10). The van der Waals surface area contributed by atoms with Gasteiger partial charge in [0.1, 0.15) is 0 Å². The zero-order valence-corrected chi connectivity index (χ0v) is 6.99. The maximum atomic E-state index is 5.25. The van der Waals surface area contributed by atoms with E-state index >= 15 is 0 Å². The van der Waals surface area contributed by atoms with E-state index in [9.17, 15) is 0 Å². The van der Waals surface area contributed by atoms with Gasteiger partial charge in [0.15, 0.2) is 0 Å². The molecule has 1 saturated heterocycles. The van der Waals surface area contributed by atoms with Gasteiger partial charge < -0.3 is 4.74 Å². The number of ether oxygens (including phenoxy) is 1. The lowest BCUT2D eigenvalue weighted by Gasteiger charge is -2.25. The van der Waals surface area contributed by atoms with E-state index in [0.29, 0.717) is 0 Å². The van der Waals surface area contributed by atoms with Crippen LogP contribution in [0.1, 0.15) is 5.69 Å². The van der Waals surface area contributed by atoms with Gasteiger partial charge in [-0.15, -0.1) is 0 Å². The SMILES string of the molecule is c1cc(CN2CCOCC2)[nH]n1. The number of hydrogen-bond donors (Lipinski definition) is 1. The Morgan fingerprint density at radius 1 is 1.50 bits per heavy atom. The number of H-pyrrole nitrogens is 1. The minimum absolute atomic E-state index is 0.855. The van der Waals surface area contributed by atoms with Gasteiger partial charge in [-0.1, -0.05) is 0 Å². The highest BCUT2D eigenvalue weighted by molar-refractivity contribution is 4.97. The van der Waals surface area contributed by atoms with Crippen molar-refractivity contribution in [2.75, 3.05) is 26.3 Å². The summed E-state index contributed by atoms with van der Waals surface area (Å²) in [5.74, 6) is 0. The molecule has 1 aliphatic rings. The van der Waals surface area contributed by atoms with Crippen molar-refractivity contribution in [3.63, 3.8) is 0 Å². The highest BCUT2D eigenvalue weighted by Gasteiger charge is 2.10. The van der Waals surface area contributed by atoms with Crippen LogP contribution < -0.4 is 0 Å². The number of rotatable bonds is 2. The molecule has 2 rings (SSSR count). The lowest BCUT2D eigenvalue weighted by molar-refractivity contribution is 0.0336. The van der Waals surface area contributed by atoms with Crippen LogP contribution in [-0.2, 0) is 11.3 Å². The Kier molecular flexibility index (Phi) is 2.39. The summed E-state index contributed by atoms with van der Waals surface area (Å²) in [6.07, 6.45) is 1.79. The van der Waals surface area contributed by atoms with E-state index in [-0.39, 0.29) is 0 Å². The molecular formula is C8H13N3O. The molecule has 1 aromatic heterocycles. The summed E-state index contributed by atoms with van der Waals surface area (Å²) in [6.45, 7) is 4.73. The summed E-state index contributed by atoms with van der Waals surface area (Å²) in [6, 6.07) is 2.01. The second kappa shape index (κ2) is 3.69. The molecule has 1 fully saturated rings. The quantitative estimate of drug-likeness (QED) is 0.686. The molecule has 0 radical (unpaired) electrons. The van der Waals surface area contributed by atoms with Crippen molar-refractivity contribution in [2.24, 2.45) is 0 Å². The second-order valence-electron chi connectivity index (χ2n) is 2.97. The Bertz CT molecular complexity index is 216. The lowest BCUT2D eigenvalue weighted by atomic mass is 10.3. The van der Waals surface area contributed by atoms with Crippen LogP contribution in [0.4, 0.5) is 0 Å². The van der Waals surface area contributed by atoms with Gasteiger partial charge in [-0.25, -0.2) is 0 Å². The highest BCUT2D eigenvalue weighted by atomic mass is 16.5. The Balaban J connectivity index is 1.86. The van der Waals surface area contributed by atoms with Gasteiger partial charge >= 0.3 is 0 Å². The largest absolute Gasteiger partial charge is 0.379 e. The van der Waals surface area contributed by atoms with Crippen LogP contribution >= 0.6 is 0 Å². The first-order valence-electron chi connectivity index (χ1n) is 4.23. The van der Waals surface area contributed by atoms with Crippen LogP contribution in [0.5, 0.6) is 0 Å². The number of nitrogens with one attached hydrogen (secondary N) is 1. The van der Waals surface area contributed by atoms with E-state index < -0.39 is 0 Å². The van der Waals surface area contributed by atoms with E-state index in [1.165, 1.54) is 5.69 Å². The molecule has 0 saturated carbocycles. The predicted molar refractivity (Wildman–Crippen MR) is 44.7 cm³/mol. The van der Waals surface area contributed by atoms with Crippen molar-refractivity contribution in [3.8, 4) is 0 Å². The van der Waals surface area contributed by atoms with E-state index in [4.69, 9.17) is 4.74 Å². The molecule has 1 aliphatic heterocycles. The molecule has 0 amide bonds. The number of morpholine rings is 1. The fourth-order valence-electron chi connectivity index (χ4n) is 1.37. The number of hydrogen-bond acceptors (Lipinski definition) is 3.